The topological polar surface area (TPSA) is 57.9 Å². The third-order valence-corrected chi connectivity index (χ3v) is 12.6. The monoisotopic (exact) mass is 677 g/mol. The molecule has 1 atom stereocenters. The minimum atomic E-state index is -1.30. The molecule has 0 bridgehead atoms. The quantitative estimate of drug-likeness (QED) is 0.121. The van der Waals surface area contributed by atoms with Gasteiger partial charge in [0.25, 0.3) is 0 Å². The summed E-state index contributed by atoms with van der Waals surface area (Å²) < 4.78 is 36.1. The first-order chi connectivity index (χ1) is 21.1. The smallest absolute Gasteiger partial charge is 0.332 e. The van der Waals surface area contributed by atoms with Crippen LogP contribution in [0.2, 0.25) is 56.4 Å². The van der Waals surface area contributed by atoms with Crippen molar-refractivity contribution in [1.29, 1.82) is 0 Å². The average Bonchev–Trinajstić information content (AvgIpc) is 3.22. The van der Waals surface area contributed by atoms with E-state index in [4.69, 9.17) is 25.8 Å². The summed E-state index contributed by atoms with van der Waals surface area (Å²) in [5.74, 6) is -0.239. The molecule has 45 heavy (non-hydrogen) atoms. The van der Waals surface area contributed by atoms with Crippen molar-refractivity contribution in [3.63, 3.8) is 0 Å². The highest BCUT2D eigenvalue weighted by molar-refractivity contribution is 6.76. The van der Waals surface area contributed by atoms with E-state index in [0.29, 0.717) is 30.4 Å². The number of aromatic nitrogens is 2. The van der Waals surface area contributed by atoms with Crippen molar-refractivity contribution < 1.29 is 18.6 Å². The molecule has 1 fully saturated rings. The predicted molar refractivity (Wildman–Crippen MR) is 189 cm³/mol. The largest absolute Gasteiger partial charge is 0.373 e. The van der Waals surface area contributed by atoms with Gasteiger partial charge in [-0.1, -0.05) is 63.0 Å². The van der Waals surface area contributed by atoms with Crippen LogP contribution in [0, 0.1) is 5.82 Å². The lowest BCUT2D eigenvalue weighted by atomic mass is 9.73. The Morgan fingerprint density at radius 3 is 2.02 bits per heavy atom. The molecule has 250 valence electrons. The number of fused-ring (bicyclic) bond motifs is 1. The van der Waals surface area contributed by atoms with Crippen LogP contribution in [0.25, 0.3) is 11.0 Å². The molecule has 1 saturated heterocycles. The summed E-state index contributed by atoms with van der Waals surface area (Å²) >= 11 is 6.72. The first-order valence-electron chi connectivity index (χ1n) is 16.2. The van der Waals surface area contributed by atoms with Crippen molar-refractivity contribution in [3.8, 4) is 0 Å². The second kappa shape index (κ2) is 15.0. The molecule has 2 heterocycles. The lowest BCUT2D eigenvalue weighted by Gasteiger charge is -2.41. The number of rotatable bonds is 15. The fourth-order valence-electron chi connectivity index (χ4n) is 5.81. The summed E-state index contributed by atoms with van der Waals surface area (Å²) in [6.45, 7) is 19.7. The normalized spacial score (nSPS) is 16.8. The zero-order valence-electron chi connectivity index (χ0n) is 28.6. The van der Waals surface area contributed by atoms with Gasteiger partial charge in [0, 0.05) is 45.4 Å². The van der Waals surface area contributed by atoms with Crippen molar-refractivity contribution in [1.82, 2.24) is 14.0 Å². The molecule has 1 aromatic heterocycles. The Balaban J connectivity index is 1.66. The van der Waals surface area contributed by atoms with Crippen LogP contribution in [-0.2, 0) is 33.1 Å². The van der Waals surface area contributed by atoms with E-state index < -0.39 is 16.1 Å². The Morgan fingerprint density at radius 2 is 1.47 bits per heavy atom. The van der Waals surface area contributed by atoms with Crippen molar-refractivity contribution >= 4 is 38.8 Å². The van der Waals surface area contributed by atoms with Gasteiger partial charge in [0.2, 0.25) is 0 Å². The molecule has 3 aromatic rings. The SMILES string of the molecule is CC(OCC1(c2ccc(F)cc2)CCN(C)CC1)c1cc(Cl)cc2c1n(COCC[Si](C)(C)C)c(=O)n2COCC[Si](C)(C)C. The van der Waals surface area contributed by atoms with E-state index in [1.165, 1.54) is 12.1 Å². The van der Waals surface area contributed by atoms with E-state index in [1.807, 2.05) is 31.2 Å². The van der Waals surface area contributed by atoms with Crippen LogP contribution >= 0.6 is 11.6 Å². The molecule has 11 heteroatoms. The van der Waals surface area contributed by atoms with Crippen LogP contribution in [0.1, 0.15) is 37.0 Å². The molecule has 0 saturated carbocycles. The molecule has 0 N–H and O–H groups in total. The van der Waals surface area contributed by atoms with E-state index in [9.17, 15) is 9.18 Å². The molecule has 4 rings (SSSR count). The molecule has 0 aliphatic carbocycles. The van der Waals surface area contributed by atoms with Gasteiger partial charge in [-0.15, -0.1) is 0 Å². The van der Waals surface area contributed by atoms with Gasteiger partial charge in [-0.2, -0.15) is 0 Å². The number of imidazole rings is 1. The summed E-state index contributed by atoms with van der Waals surface area (Å²) in [6, 6.07) is 12.6. The van der Waals surface area contributed by atoms with Crippen molar-refractivity contribution in [2.24, 2.45) is 0 Å². The lowest BCUT2D eigenvalue weighted by molar-refractivity contribution is 0.00671. The van der Waals surface area contributed by atoms with Gasteiger partial charge >= 0.3 is 5.69 Å². The van der Waals surface area contributed by atoms with Crippen LogP contribution in [0.3, 0.4) is 0 Å². The van der Waals surface area contributed by atoms with Gasteiger partial charge in [-0.05, 0) is 81.8 Å². The third kappa shape index (κ3) is 9.62. The maximum atomic E-state index is 13.9. The van der Waals surface area contributed by atoms with Gasteiger partial charge in [0.05, 0.1) is 23.7 Å². The standard InChI is InChI=1S/C34H53ClFN3O4Si2/c1-26(43-23-34(13-15-37(2)16-14-34)27-9-11-29(36)12-10-27)30-21-28(35)22-31-32(30)39(25-42-18-20-45(6,7)8)33(40)38(31)24-41-17-19-44(3,4)5/h9-12,21-22,26H,13-20,23-25H2,1-8H3. The zero-order chi connectivity index (χ0) is 33.0. The molecule has 1 aliphatic rings. The molecule has 7 nitrogen and oxygen atoms in total. The average molecular weight is 678 g/mol. The first kappa shape index (κ1) is 36.0. The number of benzene rings is 2. The summed E-state index contributed by atoms with van der Waals surface area (Å²) in [7, 11) is -0.449. The molecule has 1 aliphatic heterocycles. The minimum absolute atomic E-state index is 0.148. The van der Waals surface area contributed by atoms with Crippen LogP contribution in [-0.4, -0.2) is 70.1 Å². The fourth-order valence-corrected chi connectivity index (χ4v) is 7.55. The predicted octanol–water partition coefficient (Wildman–Crippen LogP) is 7.96. The molecular weight excluding hydrogens is 625 g/mol. The Hall–Kier alpha value is -1.80. The number of likely N-dealkylation sites (tertiary alicyclic amines) is 1. The van der Waals surface area contributed by atoms with E-state index in [2.05, 4.69) is 51.2 Å². The summed E-state index contributed by atoms with van der Waals surface area (Å²) in [5.41, 5.74) is 2.99. The van der Waals surface area contributed by atoms with Gasteiger partial charge in [0.15, 0.2) is 0 Å². The van der Waals surface area contributed by atoms with Gasteiger partial charge in [-0.3, -0.25) is 9.13 Å². The molecule has 0 amide bonds. The van der Waals surface area contributed by atoms with Gasteiger partial charge < -0.3 is 19.1 Å². The number of hydrogen-bond donors (Lipinski definition) is 0. The van der Waals surface area contributed by atoms with Crippen molar-refractivity contribution in [3.05, 3.63) is 68.8 Å². The molecule has 0 spiro atoms. The van der Waals surface area contributed by atoms with Crippen LogP contribution in [0.4, 0.5) is 4.39 Å². The second-order valence-electron chi connectivity index (χ2n) is 15.2. The Bertz CT molecular complexity index is 1470. The Kier molecular flexibility index (Phi) is 12.0. The van der Waals surface area contributed by atoms with Crippen LogP contribution in [0.5, 0.6) is 0 Å². The van der Waals surface area contributed by atoms with Crippen LogP contribution < -0.4 is 5.69 Å². The number of piperidine rings is 1. The van der Waals surface area contributed by atoms with E-state index in [1.54, 1.807) is 9.13 Å². The minimum Gasteiger partial charge on any atom is -0.373 e. The maximum absolute atomic E-state index is 13.9. The summed E-state index contributed by atoms with van der Waals surface area (Å²) in [5, 5.41) is 0.535. The first-order valence-corrected chi connectivity index (χ1v) is 24.0. The van der Waals surface area contributed by atoms with E-state index in [0.717, 1.165) is 54.7 Å². The molecular formula is C34H53ClFN3O4Si2. The third-order valence-electron chi connectivity index (χ3n) is 8.99. The summed E-state index contributed by atoms with van der Waals surface area (Å²) in [4.78, 5) is 16.2. The second-order valence-corrected chi connectivity index (χ2v) is 26.9. The number of hydrogen-bond acceptors (Lipinski definition) is 5. The molecule has 1 unspecified atom stereocenters. The van der Waals surface area contributed by atoms with E-state index in [-0.39, 0.29) is 36.5 Å². The highest BCUT2D eigenvalue weighted by Gasteiger charge is 2.37. The van der Waals surface area contributed by atoms with Crippen LogP contribution in [0.15, 0.2) is 41.2 Å². The summed E-state index contributed by atoms with van der Waals surface area (Å²) in [6.07, 6.45) is 1.46. The molecule has 0 radical (unpaired) electrons. The van der Waals surface area contributed by atoms with Crippen molar-refractivity contribution in [2.75, 3.05) is 40.0 Å². The maximum Gasteiger partial charge on any atom is 0.332 e. The number of nitrogens with zero attached hydrogens (tertiary/aromatic N) is 3. The number of ether oxygens (including phenoxy) is 3. The Labute approximate surface area is 275 Å². The zero-order valence-corrected chi connectivity index (χ0v) is 31.3. The lowest BCUT2D eigenvalue weighted by Crippen LogP contribution is -2.44. The van der Waals surface area contributed by atoms with Gasteiger partial charge in [-0.25, -0.2) is 9.18 Å². The number of halogens is 2. The fraction of sp³-hybridized carbons (Fsp3) is 0.618. The van der Waals surface area contributed by atoms with Gasteiger partial charge in [0.1, 0.15) is 19.3 Å². The van der Waals surface area contributed by atoms with E-state index >= 15 is 0 Å². The Morgan fingerprint density at radius 1 is 0.911 bits per heavy atom. The highest BCUT2D eigenvalue weighted by Crippen LogP contribution is 2.38. The molecule has 2 aromatic carbocycles. The van der Waals surface area contributed by atoms with Crippen molar-refractivity contribution in [2.45, 2.75) is 96.1 Å². The highest BCUT2D eigenvalue weighted by atomic mass is 35.5.